The molecule has 2 rings (SSSR count). The van der Waals surface area contributed by atoms with E-state index in [-0.39, 0.29) is 11.7 Å². The van der Waals surface area contributed by atoms with E-state index in [1.54, 1.807) is 49.4 Å². The molecule has 0 aliphatic heterocycles. The third-order valence-electron chi connectivity index (χ3n) is 3.62. The Hall–Kier alpha value is -2.05. The van der Waals surface area contributed by atoms with E-state index in [1.165, 1.54) is 17.8 Å². The lowest BCUT2D eigenvalue weighted by Gasteiger charge is -2.14. The van der Waals surface area contributed by atoms with E-state index in [9.17, 15) is 14.0 Å². The van der Waals surface area contributed by atoms with Gasteiger partial charge in [0.1, 0.15) is 11.9 Å². The molecule has 1 atom stereocenters. The molecular formula is C19H20ClFN2O2S. The molecule has 0 saturated heterocycles. The second-order valence-corrected chi connectivity index (χ2v) is 7.12. The van der Waals surface area contributed by atoms with Crippen molar-refractivity contribution in [2.45, 2.75) is 18.7 Å². The highest BCUT2D eigenvalue weighted by molar-refractivity contribution is 7.98. The van der Waals surface area contributed by atoms with Gasteiger partial charge in [-0.1, -0.05) is 41.9 Å². The number of nitrogens with one attached hydrogen (secondary N) is 2. The molecule has 7 heteroatoms. The van der Waals surface area contributed by atoms with Crippen LogP contribution in [0.5, 0.6) is 0 Å². The third kappa shape index (κ3) is 6.04. The minimum Gasteiger partial charge on any atom is -0.353 e. The summed E-state index contributed by atoms with van der Waals surface area (Å²) in [6, 6.07) is 12.6. The van der Waals surface area contributed by atoms with Gasteiger partial charge in [0.05, 0.1) is 10.6 Å². The van der Waals surface area contributed by atoms with Crippen LogP contribution in [0.15, 0.2) is 48.5 Å². The first-order valence-corrected chi connectivity index (χ1v) is 9.66. The summed E-state index contributed by atoms with van der Waals surface area (Å²) in [5.74, 6) is 0.288. The predicted octanol–water partition coefficient (Wildman–Crippen LogP) is 3.65. The minimum atomic E-state index is -0.685. The Bertz CT molecular complexity index is 773. The molecule has 0 aliphatic rings. The first kappa shape index (κ1) is 20.3. The fourth-order valence-corrected chi connectivity index (χ4v) is 3.25. The molecule has 0 aromatic heterocycles. The summed E-state index contributed by atoms with van der Waals surface area (Å²) in [6.07, 6.45) is 0. The minimum absolute atomic E-state index is 0.222. The van der Waals surface area contributed by atoms with Crippen LogP contribution in [0.1, 0.15) is 22.8 Å². The summed E-state index contributed by atoms with van der Waals surface area (Å²) < 4.78 is 13.5. The molecule has 0 radical (unpaired) electrons. The number of carbonyl (C=O) groups is 2. The highest BCUT2D eigenvalue weighted by Crippen LogP contribution is 2.15. The van der Waals surface area contributed by atoms with Crippen LogP contribution in [-0.4, -0.2) is 30.2 Å². The van der Waals surface area contributed by atoms with Crippen molar-refractivity contribution in [3.05, 3.63) is 70.5 Å². The number of carbonyl (C=O) groups excluding carboxylic acids is 2. The normalized spacial score (nSPS) is 11.7. The van der Waals surface area contributed by atoms with Gasteiger partial charge in [-0.05, 0) is 30.7 Å². The quantitative estimate of drug-likeness (QED) is 0.672. The second-order valence-electron chi connectivity index (χ2n) is 5.61. The van der Waals surface area contributed by atoms with Gasteiger partial charge in [0.25, 0.3) is 5.91 Å². The largest absolute Gasteiger partial charge is 0.353 e. The number of benzene rings is 2. The fourth-order valence-electron chi connectivity index (χ4n) is 2.18. The van der Waals surface area contributed by atoms with Gasteiger partial charge in [-0.3, -0.25) is 9.59 Å². The summed E-state index contributed by atoms with van der Waals surface area (Å²) in [5, 5.41) is 5.71. The summed E-state index contributed by atoms with van der Waals surface area (Å²) in [5.41, 5.74) is 0.971. The molecule has 26 heavy (non-hydrogen) atoms. The monoisotopic (exact) mass is 394 g/mol. The fraction of sp³-hybridized carbons (Fsp3) is 0.263. The van der Waals surface area contributed by atoms with Crippen molar-refractivity contribution in [3.8, 4) is 0 Å². The topological polar surface area (TPSA) is 58.2 Å². The Morgan fingerprint density at radius 2 is 1.85 bits per heavy atom. The van der Waals surface area contributed by atoms with Gasteiger partial charge in [0.2, 0.25) is 5.91 Å². The average molecular weight is 395 g/mol. The maximum Gasteiger partial charge on any atom is 0.253 e. The molecule has 0 spiro atoms. The van der Waals surface area contributed by atoms with Crippen molar-refractivity contribution in [3.63, 3.8) is 0 Å². The van der Waals surface area contributed by atoms with Gasteiger partial charge in [-0.15, -0.1) is 0 Å². The predicted molar refractivity (Wildman–Crippen MR) is 104 cm³/mol. The van der Waals surface area contributed by atoms with E-state index in [0.29, 0.717) is 34.2 Å². The van der Waals surface area contributed by atoms with Gasteiger partial charge in [-0.25, -0.2) is 4.39 Å². The Morgan fingerprint density at radius 1 is 1.15 bits per heavy atom. The number of hydrogen-bond acceptors (Lipinski definition) is 3. The van der Waals surface area contributed by atoms with Crippen LogP contribution >= 0.6 is 23.4 Å². The molecule has 138 valence electrons. The molecule has 0 heterocycles. The van der Waals surface area contributed by atoms with Crippen LogP contribution in [0, 0.1) is 5.82 Å². The van der Waals surface area contributed by atoms with E-state index in [4.69, 9.17) is 11.6 Å². The van der Waals surface area contributed by atoms with Crippen LogP contribution in [0.3, 0.4) is 0 Å². The SMILES string of the molecule is C[C@H](NC(=O)c1ccccc1Cl)C(=O)NCCSCc1ccccc1F. The highest BCUT2D eigenvalue weighted by Gasteiger charge is 2.17. The first-order valence-electron chi connectivity index (χ1n) is 8.13. The molecule has 0 saturated carbocycles. The molecule has 2 aromatic rings. The standard InChI is InChI=1S/C19H20ClFN2O2S/c1-13(23-19(25)15-7-3-4-8-16(15)20)18(24)22-10-11-26-12-14-6-2-5-9-17(14)21/h2-9,13H,10-12H2,1H3,(H,22,24)(H,23,25)/t13-/m0/s1. The summed E-state index contributed by atoms with van der Waals surface area (Å²) in [6.45, 7) is 2.04. The summed E-state index contributed by atoms with van der Waals surface area (Å²) in [7, 11) is 0. The van der Waals surface area contributed by atoms with Gasteiger partial charge in [-0.2, -0.15) is 11.8 Å². The van der Waals surface area contributed by atoms with Crippen molar-refractivity contribution in [1.82, 2.24) is 10.6 Å². The zero-order valence-electron chi connectivity index (χ0n) is 14.3. The van der Waals surface area contributed by atoms with E-state index < -0.39 is 11.9 Å². The number of halogens is 2. The van der Waals surface area contributed by atoms with E-state index >= 15 is 0 Å². The lowest BCUT2D eigenvalue weighted by molar-refractivity contribution is -0.122. The number of rotatable bonds is 8. The van der Waals surface area contributed by atoms with Crippen LogP contribution in [0.2, 0.25) is 5.02 Å². The smallest absolute Gasteiger partial charge is 0.253 e. The maximum absolute atomic E-state index is 13.5. The molecule has 0 aliphatic carbocycles. The highest BCUT2D eigenvalue weighted by atomic mass is 35.5. The first-order chi connectivity index (χ1) is 12.5. The van der Waals surface area contributed by atoms with E-state index in [1.807, 2.05) is 0 Å². The molecule has 0 fully saturated rings. The van der Waals surface area contributed by atoms with Crippen LogP contribution in [0.25, 0.3) is 0 Å². The van der Waals surface area contributed by atoms with Gasteiger partial charge < -0.3 is 10.6 Å². The van der Waals surface area contributed by atoms with Crippen LogP contribution in [-0.2, 0) is 10.5 Å². The Balaban J connectivity index is 1.70. The summed E-state index contributed by atoms with van der Waals surface area (Å²) >= 11 is 7.50. The molecular weight excluding hydrogens is 375 g/mol. The Kier molecular flexibility index (Phi) is 7.94. The average Bonchev–Trinajstić information content (AvgIpc) is 2.63. The zero-order chi connectivity index (χ0) is 18.9. The van der Waals surface area contributed by atoms with Crippen LogP contribution in [0.4, 0.5) is 4.39 Å². The van der Waals surface area contributed by atoms with Crippen molar-refractivity contribution in [1.29, 1.82) is 0 Å². The van der Waals surface area contributed by atoms with Crippen LogP contribution < -0.4 is 10.6 Å². The van der Waals surface area contributed by atoms with Crippen molar-refractivity contribution >= 4 is 35.2 Å². The Morgan fingerprint density at radius 3 is 2.58 bits per heavy atom. The van der Waals surface area contributed by atoms with Gasteiger partial charge >= 0.3 is 0 Å². The lowest BCUT2D eigenvalue weighted by Crippen LogP contribution is -2.45. The van der Waals surface area contributed by atoms with Gasteiger partial charge in [0, 0.05) is 18.1 Å². The molecule has 2 N–H and O–H groups in total. The van der Waals surface area contributed by atoms with E-state index in [0.717, 1.165) is 0 Å². The maximum atomic E-state index is 13.5. The van der Waals surface area contributed by atoms with Crippen molar-refractivity contribution < 1.29 is 14.0 Å². The lowest BCUT2D eigenvalue weighted by atomic mass is 10.2. The molecule has 4 nitrogen and oxygen atoms in total. The molecule has 0 bridgehead atoms. The molecule has 2 aromatic carbocycles. The number of thioether (sulfide) groups is 1. The van der Waals surface area contributed by atoms with Crippen molar-refractivity contribution in [2.75, 3.05) is 12.3 Å². The van der Waals surface area contributed by atoms with Crippen molar-refractivity contribution in [2.24, 2.45) is 0 Å². The number of hydrogen-bond donors (Lipinski definition) is 2. The zero-order valence-corrected chi connectivity index (χ0v) is 15.9. The molecule has 2 amide bonds. The Labute approximate surface area is 161 Å². The molecule has 0 unspecified atom stereocenters. The summed E-state index contributed by atoms with van der Waals surface area (Å²) in [4.78, 5) is 24.2. The number of amides is 2. The van der Waals surface area contributed by atoms with E-state index in [2.05, 4.69) is 10.6 Å². The van der Waals surface area contributed by atoms with Gasteiger partial charge in [0.15, 0.2) is 0 Å². The third-order valence-corrected chi connectivity index (χ3v) is 4.96. The second kappa shape index (κ2) is 10.2.